The molecule has 0 fully saturated rings. The molecule has 1 aliphatic heterocycles. The zero-order valence-corrected chi connectivity index (χ0v) is 9.14. The molecule has 1 N–H and O–H groups in total. The topological polar surface area (TPSA) is 21.3 Å². The predicted molar refractivity (Wildman–Crippen MR) is 59.2 cm³/mol. The Labute approximate surface area is 89.2 Å². The van der Waals surface area contributed by atoms with Crippen molar-refractivity contribution in [2.24, 2.45) is 5.92 Å². The molecule has 2 rings (SSSR count). The van der Waals surface area contributed by atoms with Gasteiger partial charge in [0.2, 0.25) is 0 Å². The summed E-state index contributed by atoms with van der Waals surface area (Å²) in [4.78, 5) is 0. The maximum Gasteiger partial charge on any atom is 0.142 e. The average molecular weight is 212 g/mol. The fraction of sp³-hybridized carbons (Fsp3) is 0.455. The molecule has 0 aliphatic carbocycles. The van der Waals surface area contributed by atoms with Gasteiger partial charge in [0.25, 0.3) is 0 Å². The second-order valence-electron chi connectivity index (χ2n) is 3.95. The summed E-state index contributed by atoms with van der Waals surface area (Å²) in [6.45, 7) is 5.08. The van der Waals surface area contributed by atoms with Crippen molar-refractivity contribution in [3.63, 3.8) is 0 Å². The molecule has 3 heteroatoms. The van der Waals surface area contributed by atoms with Crippen LogP contribution in [-0.2, 0) is 0 Å². The molecule has 1 heterocycles. The first-order valence-electron chi connectivity index (χ1n) is 4.85. The summed E-state index contributed by atoms with van der Waals surface area (Å²) in [5, 5.41) is 4.17. The molecule has 1 unspecified atom stereocenters. The van der Waals surface area contributed by atoms with Gasteiger partial charge in [0.05, 0.1) is 11.7 Å². The largest absolute Gasteiger partial charge is 0.489 e. The minimum absolute atomic E-state index is 0.376. The first kappa shape index (κ1) is 9.66. The molecule has 14 heavy (non-hydrogen) atoms. The van der Waals surface area contributed by atoms with Crippen molar-refractivity contribution in [2.45, 2.75) is 19.9 Å². The normalized spacial score (nSPS) is 19.9. The third-order valence-corrected chi connectivity index (χ3v) is 2.74. The molecule has 0 radical (unpaired) electrons. The summed E-state index contributed by atoms with van der Waals surface area (Å²) in [5.41, 5.74) is 1.00. The average Bonchev–Trinajstić information content (AvgIpc) is 2.16. The molecule has 0 bridgehead atoms. The van der Waals surface area contributed by atoms with Crippen LogP contribution < -0.4 is 10.1 Å². The van der Waals surface area contributed by atoms with Gasteiger partial charge in [-0.2, -0.15) is 0 Å². The lowest BCUT2D eigenvalue weighted by Gasteiger charge is -2.30. The van der Waals surface area contributed by atoms with Crippen molar-refractivity contribution < 1.29 is 4.74 Å². The summed E-state index contributed by atoms with van der Waals surface area (Å²) in [5.74, 6) is 1.45. The third-order valence-electron chi connectivity index (χ3n) is 2.51. The highest BCUT2D eigenvalue weighted by Crippen LogP contribution is 2.32. The molecule has 0 spiro atoms. The van der Waals surface area contributed by atoms with Crippen LogP contribution in [0.3, 0.4) is 0 Å². The maximum absolute atomic E-state index is 5.91. The van der Waals surface area contributed by atoms with E-state index < -0.39 is 0 Å². The van der Waals surface area contributed by atoms with Crippen LogP contribution in [0, 0.1) is 5.92 Å². The molecule has 0 saturated heterocycles. The van der Waals surface area contributed by atoms with Crippen LogP contribution in [0.25, 0.3) is 0 Å². The van der Waals surface area contributed by atoms with E-state index in [1.165, 1.54) is 0 Å². The quantitative estimate of drug-likeness (QED) is 0.771. The monoisotopic (exact) mass is 211 g/mol. The number of rotatable bonds is 1. The Bertz CT molecular complexity index is 338. The first-order chi connectivity index (χ1) is 6.66. The highest BCUT2D eigenvalue weighted by molar-refractivity contribution is 6.30. The lowest BCUT2D eigenvalue weighted by atomic mass is 10.0. The number of hydrogen-bond donors (Lipinski definition) is 1. The molecular formula is C11H14ClNO. The Morgan fingerprint density at radius 2 is 2.29 bits per heavy atom. The van der Waals surface area contributed by atoms with Gasteiger partial charge in [0, 0.05) is 5.02 Å². The number of fused-ring (bicyclic) bond motifs is 1. The standard InChI is InChI=1S/C11H14ClNO/c1-7(2)10-6-14-11-4-3-8(12)5-9(11)13-10/h3-5,7,10,13H,6H2,1-2H3. The zero-order chi connectivity index (χ0) is 10.1. The van der Waals surface area contributed by atoms with Crippen LogP contribution >= 0.6 is 11.6 Å². The van der Waals surface area contributed by atoms with Crippen LogP contribution in [0.5, 0.6) is 5.75 Å². The SMILES string of the molecule is CC(C)C1COc2ccc(Cl)cc2N1. The second kappa shape index (κ2) is 3.70. The number of benzene rings is 1. The van der Waals surface area contributed by atoms with E-state index in [1.807, 2.05) is 18.2 Å². The van der Waals surface area contributed by atoms with Crippen LogP contribution in [0.2, 0.25) is 5.02 Å². The van der Waals surface area contributed by atoms with E-state index in [9.17, 15) is 0 Å². The van der Waals surface area contributed by atoms with E-state index in [2.05, 4.69) is 19.2 Å². The molecule has 76 valence electrons. The Hall–Kier alpha value is -0.890. The number of halogens is 1. The van der Waals surface area contributed by atoms with Crippen molar-refractivity contribution in [2.75, 3.05) is 11.9 Å². The highest BCUT2D eigenvalue weighted by atomic mass is 35.5. The van der Waals surface area contributed by atoms with Crippen molar-refractivity contribution in [1.82, 2.24) is 0 Å². The number of anilines is 1. The van der Waals surface area contributed by atoms with Crippen molar-refractivity contribution in [3.05, 3.63) is 23.2 Å². The van der Waals surface area contributed by atoms with Gasteiger partial charge < -0.3 is 10.1 Å². The van der Waals surface area contributed by atoms with Crippen LogP contribution in [0.4, 0.5) is 5.69 Å². The molecule has 1 aromatic rings. The number of ether oxygens (including phenoxy) is 1. The first-order valence-corrected chi connectivity index (χ1v) is 5.23. The third kappa shape index (κ3) is 1.80. The molecule has 1 aromatic carbocycles. The molecule has 0 amide bonds. The smallest absolute Gasteiger partial charge is 0.142 e. The van der Waals surface area contributed by atoms with E-state index in [-0.39, 0.29) is 0 Å². The molecule has 1 aliphatic rings. The van der Waals surface area contributed by atoms with Crippen LogP contribution in [0.15, 0.2) is 18.2 Å². The Kier molecular flexibility index (Phi) is 2.55. The molecule has 2 nitrogen and oxygen atoms in total. The summed E-state index contributed by atoms with van der Waals surface area (Å²) in [7, 11) is 0. The summed E-state index contributed by atoms with van der Waals surface area (Å²) in [6.07, 6.45) is 0. The van der Waals surface area contributed by atoms with Crippen molar-refractivity contribution in [1.29, 1.82) is 0 Å². The van der Waals surface area contributed by atoms with Crippen LogP contribution in [0.1, 0.15) is 13.8 Å². The van der Waals surface area contributed by atoms with Gasteiger partial charge in [-0.1, -0.05) is 25.4 Å². The van der Waals surface area contributed by atoms with Gasteiger partial charge in [-0.3, -0.25) is 0 Å². The fourth-order valence-electron chi connectivity index (χ4n) is 1.52. The predicted octanol–water partition coefficient (Wildman–Crippen LogP) is 3.17. The molecule has 0 saturated carbocycles. The zero-order valence-electron chi connectivity index (χ0n) is 8.38. The van der Waals surface area contributed by atoms with Crippen LogP contribution in [-0.4, -0.2) is 12.6 Å². The minimum Gasteiger partial charge on any atom is -0.489 e. The van der Waals surface area contributed by atoms with Gasteiger partial charge >= 0.3 is 0 Å². The molecular weight excluding hydrogens is 198 g/mol. The van der Waals surface area contributed by atoms with E-state index >= 15 is 0 Å². The Morgan fingerprint density at radius 3 is 3.00 bits per heavy atom. The van der Waals surface area contributed by atoms with Gasteiger partial charge in [0.15, 0.2) is 0 Å². The lowest BCUT2D eigenvalue weighted by molar-refractivity contribution is 0.257. The Balaban J connectivity index is 2.24. The number of hydrogen-bond acceptors (Lipinski definition) is 2. The minimum atomic E-state index is 0.376. The van der Waals surface area contributed by atoms with Gasteiger partial charge in [-0.15, -0.1) is 0 Å². The van der Waals surface area contributed by atoms with Gasteiger partial charge in [0.1, 0.15) is 12.4 Å². The van der Waals surface area contributed by atoms with Crippen molar-refractivity contribution in [3.8, 4) is 5.75 Å². The molecule has 1 atom stereocenters. The Morgan fingerprint density at radius 1 is 1.50 bits per heavy atom. The second-order valence-corrected chi connectivity index (χ2v) is 4.38. The van der Waals surface area contributed by atoms with Gasteiger partial charge in [-0.05, 0) is 24.1 Å². The summed E-state index contributed by atoms with van der Waals surface area (Å²) < 4.78 is 5.63. The molecule has 0 aromatic heterocycles. The van der Waals surface area contributed by atoms with Crippen molar-refractivity contribution >= 4 is 17.3 Å². The fourth-order valence-corrected chi connectivity index (χ4v) is 1.69. The van der Waals surface area contributed by atoms with E-state index in [1.54, 1.807) is 0 Å². The van der Waals surface area contributed by atoms with Gasteiger partial charge in [-0.25, -0.2) is 0 Å². The number of nitrogens with one attached hydrogen (secondary N) is 1. The summed E-state index contributed by atoms with van der Waals surface area (Å²) >= 11 is 5.91. The van der Waals surface area contributed by atoms with E-state index in [0.29, 0.717) is 12.0 Å². The summed E-state index contributed by atoms with van der Waals surface area (Å²) in [6, 6.07) is 6.03. The van der Waals surface area contributed by atoms with E-state index in [0.717, 1.165) is 23.1 Å². The van der Waals surface area contributed by atoms with E-state index in [4.69, 9.17) is 16.3 Å². The lowest BCUT2D eigenvalue weighted by Crippen LogP contribution is -2.35. The maximum atomic E-state index is 5.91. The highest BCUT2D eigenvalue weighted by Gasteiger charge is 2.21.